The van der Waals surface area contributed by atoms with Crippen molar-refractivity contribution in [3.05, 3.63) is 58.1 Å². The fourth-order valence-corrected chi connectivity index (χ4v) is 3.41. The minimum Gasteiger partial charge on any atom is -0.349 e. The molecule has 1 saturated carbocycles. The zero-order chi connectivity index (χ0) is 22.0. The van der Waals surface area contributed by atoms with Gasteiger partial charge in [-0.1, -0.05) is 30.1 Å². The first-order valence-corrected chi connectivity index (χ1v) is 10.7. The molecule has 0 aliphatic heterocycles. The zero-order valence-corrected chi connectivity index (χ0v) is 18.2. The molecule has 0 bridgehead atoms. The fourth-order valence-electron chi connectivity index (χ4n) is 3.02. The van der Waals surface area contributed by atoms with Crippen LogP contribution < -0.4 is 10.6 Å². The van der Waals surface area contributed by atoms with Crippen LogP contribution in [0.1, 0.15) is 42.6 Å². The van der Waals surface area contributed by atoms with E-state index in [0.717, 1.165) is 18.4 Å². The number of carbonyl (C=O) groups excluding carboxylic acids is 2. The molecule has 4 rings (SSSR count). The van der Waals surface area contributed by atoms with Gasteiger partial charge in [0.2, 0.25) is 5.82 Å². The van der Waals surface area contributed by atoms with Crippen LogP contribution in [0.5, 0.6) is 0 Å². The molecular weight excluding hydrogens is 439 g/mol. The predicted molar refractivity (Wildman–Crippen MR) is 118 cm³/mol. The minimum absolute atomic E-state index is 0.210. The van der Waals surface area contributed by atoms with E-state index in [-0.39, 0.29) is 22.9 Å². The SMILES string of the molecule is CCC(C(=O)Nc1ccc(C(=O)NC2CC2)c(Cl)c1)n1nnc(-c2ccc(Cl)cc2)n1. The van der Waals surface area contributed by atoms with E-state index in [0.29, 0.717) is 28.5 Å². The third-order valence-electron chi connectivity index (χ3n) is 4.89. The van der Waals surface area contributed by atoms with E-state index in [1.54, 1.807) is 42.5 Å². The summed E-state index contributed by atoms with van der Waals surface area (Å²) in [5, 5.41) is 19.0. The van der Waals surface area contributed by atoms with Crippen LogP contribution in [-0.2, 0) is 4.79 Å². The molecule has 0 saturated heterocycles. The molecule has 0 radical (unpaired) electrons. The fraction of sp³-hybridized carbons (Fsp3) is 0.286. The number of anilines is 1. The number of carbonyl (C=O) groups is 2. The third kappa shape index (κ3) is 5.03. The quantitative estimate of drug-likeness (QED) is 0.553. The maximum absolute atomic E-state index is 12.8. The summed E-state index contributed by atoms with van der Waals surface area (Å²) in [7, 11) is 0. The van der Waals surface area contributed by atoms with Gasteiger partial charge in [0.15, 0.2) is 6.04 Å². The topological polar surface area (TPSA) is 102 Å². The number of hydrogen-bond donors (Lipinski definition) is 2. The standard InChI is InChI=1S/C21H20Cl2N6O2/c1-2-18(29-27-19(26-28-29)12-3-5-13(22)6-4-12)21(31)25-15-9-10-16(17(23)11-15)20(30)24-14-7-8-14/h3-6,9-11,14,18H,2,7-8H2,1H3,(H,24,30)(H,25,31). The molecule has 160 valence electrons. The molecule has 2 amide bonds. The highest BCUT2D eigenvalue weighted by atomic mass is 35.5. The van der Waals surface area contributed by atoms with Crippen molar-refractivity contribution in [3.63, 3.8) is 0 Å². The highest BCUT2D eigenvalue weighted by Gasteiger charge is 2.25. The van der Waals surface area contributed by atoms with Gasteiger partial charge in [-0.3, -0.25) is 9.59 Å². The second-order valence-electron chi connectivity index (χ2n) is 7.30. The summed E-state index contributed by atoms with van der Waals surface area (Å²) in [6.07, 6.45) is 2.44. The summed E-state index contributed by atoms with van der Waals surface area (Å²) in [5.74, 6) is -0.121. The van der Waals surface area contributed by atoms with Crippen molar-refractivity contribution >= 4 is 40.7 Å². The second kappa shape index (κ2) is 9.03. The Morgan fingerprint density at radius 3 is 2.55 bits per heavy atom. The lowest BCUT2D eigenvalue weighted by molar-refractivity contribution is -0.120. The van der Waals surface area contributed by atoms with Gasteiger partial charge in [0.05, 0.1) is 10.6 Å². The Morgan fingerprint density at radius 1 is 1.16 bits per heavy atom. The van der Waals surface area contributed by atoms with Crippen molar-refractivity contribution in [1.82, 2.24) is 25.5 Å². The van der Waals surface area contributed by atoms with Crippen molar-refractivity contribution in [1.29, 1.82) is 0 Å². The first-order chi connectivity index (χ1) is 14.9. The lowest BCUT2D eigenvalue weighted by atomic mass is 10.1. The Hall–Kier alpha value is -2.97. The Balaban J connectivity index is 1.46. The number of halogens is 2. The first kappa shape index (κ1) is 21.3. The zero-order valence-electron chi connectivity index (χ0n) is 16.7. The second-order valence-corrected chi connectivity index (χ2v) is 8.14. The summed E-state index contributed by atoms with van der Waals surface area (Å²) in [5.41, 5.74) is 1.61. The molecule has 1 fully saturated rings. The lowest BCUT2D eigenvalue weighted by Crippen LogP contribution is -2.28. The Bertz CT molecular complexity index is 1110. The Kier molecular flexibility index (Phi) is 6.20. The molecule has 2 aromatic carbocycles. The Morgan fingerprint density at radius 2 is 1.90 bits per heavy atom. The van der Waals surface area contributed by atoms with Gasteiger partial charge >= 0.3 is 0 Å². The first-order valence-electron chi connectivity index (χ1n) is 9.91. The number of amides is 2. The van der Waals surface area contributed by atoms with Gasteiger partial charge in [-0.25, -0.2) is 0 Å². The summed E-state index contributed by atoms with van der Waals surface area (Å²) in [4.78, 5) is 26.3. The molecule has 3 aromatic rings. The molecule has 31 heavy (non-hydrogen) atoms. The van der Waals surface area contributed by atoms with Crippen LogP contribution in [0.25, 0.3) is 11.4 Å². The van der Waals surface area contributed by atoms with Crippen LogP contribution in [0.3, 0.4) is 0 Å². The smallest absolute Gasteiger partial charge is 0.253 e. The van der Waals surface area contributed by atoms with Crippen LogP contribution in [0.2, 0.25) is 10.0 Å². The van der Waals surface area contributed by atoms with Crippen LogP contribution >= 0.6 is 23.2 Å². The number of hydrogen-bond acceptors (Lipinski definition) is 5. The maximum Gasteiger partial charge on any atom is 0.253 e. The number of nitrogens with zero attached hydrogens (tertiary/aromatic N) is 4. The van der Waals surface area contributed by atoms with Crippen LogP contribution in [0.15, 0.2) is 42.5 Å². The number of tetrazole rings is 1. The molecule has 1 aromatic heterocycles. The van der Waals surface area contributed by atoms with E-state index in [9.17, 15) is 9.59 Å². The van der Waals surface area contributed by atoms with Crippen LogP contribution in [0, 0.1) is 0 Å². The molecule has 1 unspecified atom stereocenters. The molecular formula is C21H20Cl2N6O2. The third-order valence-corrected chi connectivity index (χ3v) is 5.46. The molecule has 10 heteroatoms. The van der Waals surface area contributed by atoms with Gasteiger partial charge in [-0.15, -0.1) is 10.2 Å². The molecule has 8 nitrogen and oxygen atoms in total. The summed E-state index contributed by atoms with van der Waals surface area (Å²) in [6, 6.07) is 11.4. The van der Waals surface area contributed by atoms with Crippen LogP contribution in [-0.4, -0.2) is 38.1 Å². The van der Waals surface area contributed by atoms with E-state index in [1.807, 2.05) is 6.92 Å². The molecule has 2 N–H and O–H groups in total. The largest absolute Gasteiger partial charge is 0.349 e. The normalized spacial score (nSPS) is 14.2. The number of benzene rings is 2. The number of aromatic nitrogens is 4. The number of nitrogens with one attached hydrogen (secondary N) is 2. The van der Waals surface area contributed by atoms with E-state index < -0.39 is 6.04 Å². The summed E-state index contributed by atoms with van der Waals surface area (Å²) < 4.78 is 0. The van der Waals surface area contributed by atoms with Gasteiger partial charge in [0.25, 0.3) is 11.8 Å². The van der Waals surface area contributed by atoms with Gasteiger partial charge in [0.1, 0.15) is 0 Å². The van der Waals surface area contributed by atoms with Gasteiger partial charge in [0, 0.05) is 22.3 Å². The van der Waals surface area contributed by atoms with Crippen molar-refractivity contribution in [2.75, 3.05) is 5.32 Å². The lowest BCUT2D eigenvalue weighted by Gasteiger charge is -2.14. The van der Waals surface area contributed by atoms with Gasteiger partial charge in [-0.2, -0.15) is 4.80 Å². The van der Waals surface area contributed by atoms with Crippen molar-refractivity contribution in [2.24, 2.45) is 0 Å². The van der Waals surface area contributed by atoms with E-state index in [2.05, 4.69) is 26.0 Å². The summed E-state index contributed by atoms with van der Waals surface area (Å²) in [6.45, 7) is 1.86. The van der Waals surface area contributed by atoms with E-state index >= 15 is 0 Å². The minimum atomic E-state index is -0.662. The van der Waals surface area contributed by atoms with Crippen LogP contribution in [0.4, 0.5) is 5.69 Å². The van der Waals surface area contributed by atoms with Crippen molar-refractivity contribution < 1.29 is 9.59 Å². The highest BCUT2D eigenvalue weighted by molar-refractivity contribution is 6.34. The van der Waals surface area contributed by atoms with E-state index in [4.69, 9.17) is 23.2 Å². The predicted octanol–water partition coefficient (Wildman–Crippen LogP) is 4.13. The average Bonchev–Trinajstić information content (AvgIpc) is 3.42. The van der Waals surface area contributed by atoms with Crippen molar-refractivity contribution in [2.45, 2.75) is 38.3 Å². The molecule has 1 heterocycles. The average molecular weight is 459 g/mol. The van der Waals surface area contributed by atoms with Gasteiger partial charge < -0.3 is 10.6 Å². The Labute approximate surface area is 188 Å². The molecule has 0 spiro atoms. The molecule has 1 aliphatic carbocycles. The van der Waals surface area contributed by atoms with E-state index in [1.165, 1.54) is 4.80 Å². The maximum atomic E-state index is 12.8. The molecule has 1 atom stereocenters. The highest BCUT2D eigenvalue weighted by Crippen LogP contribution is 2.25. The van der Waals surface area contributed by atoms with Crippen molar-refractivity contribution in [3.8, 4) is 11.4 Å². The monoisotopic (exact) mass is 458 g/mol. The number of rotatable bonds is 7. The molecule has 1 aliphatic rings. The van der Waals surface area contributed by atoms with Gasteiger partial charge in [-0.05, 0) is 66.9 Å². The summed E-state index contributed by atoms with van der Waals surface area (Å²) >= 11 is 12.2.